The van der Waals surface area contributed by atoms with Crippen molar-refractivity contribution in [1.29, 1.82) is 0 Å². The van der Waals surface area contributed by atoms with Gasteiger partial charge in [0.05, 0.1) is 24.0 Å². The van der Waals surface area contributed by atoms with Crippen LogP contribution in [0.15, 0.2) is 28.0 Å². The van der Waals surface area contributed by atoms with Crippen LogP contribution in [0.25, 0.3) is 16.9 Å². The molecule has 0 aromatic carbocycles. The van der Waals surface area contributed by atoms with Crippen LogP contribution in [0.3, 0.4) is 0 Å². The lowest BCUT2D eigenvalue weighted by Gasteiger charge is -2.19. The van der Waals surface area contributed by atoms with Gasteiger partial charge in [0.15, 0.2) is 10.8 Å². The number of imidazole rings is 1. The molecule has 1 saturated heterocycles. The quantitative estimate of drug-likeness (QED) is 0.700. The second-order valence-corrected chi connectivity index (χ2v) is 6.65. The molecule has 26 heavy (non-hydrogen) atoms. The van der Waals surface area contributed by atoms with Crippen LogP contribution in [0.2, 0.25) is 5.15 Å². The molecule has 136 valence electrons. The van der Waals surface area contributed by atoms with E-state index in [1.54, 1.807) is 0 Å². The van der Waals surface area contributed by atoms with Gasteiger partial charge >= 0.3 is 5.69 Å². The highest BCUT2D eigenvalue weighted by molar-refractivity contribution is 6.29. The third-order valence-corrected chi connectivity index (χ3v) is 4.72. The molecule has 0 bridgehead atoms. The lowest BCUT2D eigenvalue weighted by atomic mass is 10.1. The predicted molar refractivity (Wildman–Crippen MR) is 91.0 cm³/mol. The number of hydrogen-bond donors (Lipinski definition) is 2. The number of hydrogen-bond acceptors (Lipinski definition) is 5. The Labute approximate surface area is 149 Å². The minimum absolute atomic E-state index is 0.0801. The van der Waals surface area contributed by atoms with Crippen molar-refractivity contribution in [3.8, 4) is 11.3 Å². The van der Waals surface area contributed by atoms with Crippen LogP contribution in [0, 0.1) is 5.92 Å². The zero-order chi connectivity index (χ0) is 18.6. The van der Waals surface area contributed by atoms with E-state index in [2.05, 4.69) is 20.1 Å². The smallest absolute Gasteiger partial charge is 0.325 e. The molecule has 4 rings (SSSR count). The van der Waals surface area contributed by atoms with E-state index in [0.29, 0.717) is 11.3 Å². The molecule has 0 saturated carbocycles. The van der Waals surface area contributed by atoms with E-state index in [4.69, 9.17) is 11.6 Å². The summed E-state index contributed by atoms with van der Waals surface area (Å²) in [5.74, 6) is -3.67. The van der Waals surface area contributed by atoms with E-state index in [9.17, 15) is 18.4 Å². The number of halogens is 3. The predicted octanol–water partition coefficient (Wildman–Crippen LogP) is 1.52. The third-order valence-electron chi connectivity index (χ3n) is 4.46. The Morgan fingerprint density at radius 2 is 2.15 bits per heavy atom. The summed E-state index contributed by atoms with van der Waals surface area (Å²) in [5, 5.41) is 4.42. The van der Waals surface area contributed by atoms with E-state index in [-0.39, 0.29) is 23.0 Å². The van der Waals surface area contributed by atoms with Gasteiger partial charge in [-0.05, 0) is 6.07 Å². The number of alkyl halides is 2. The van der Waals surface area contributed by atoms with E-state index in [1.807, 2.05) is 0 Å². The van der Waals surface area contributed by atoms with Crippen LogP contribution in [-0.2, 0) is 0 Å². The molecule has 3 aromatic rings. The minimum Gasteiger partial charge on any atom is -0.362 e. The van der Waals surface area contributed by atoms with Crippen molar-refractivity contribution in [2.24, 2.45) is 5.92 Å². The van der Waals surface area contributed by atoms with Gasteiger partial charge in [-0.2, -0.15) is 9.61 Å². The van der Waals surface area contributed by atoms with Gasteiger partial charge < -0.3 is 9.88 Å². The normalized spacial score (nSPS) is 19.4. The summed E-state index contributed by atoms with van der Waals surface area (Å²) < 4.78 is 29.3. The van der Waals surface area contributed by atoms with Gasteiger partial charge in [-0.1, -0.05) is 18.5 Å². The van der Waals surface area contributed by atoms with E-state index < -0.39 is 29.6 Å². The fourth-order valence-corrected chi connectivity index (χ4v) is 3.18. The van der Waals surface area contributed by atoms with Crippen LogP contribution in [0.5, 0.6) is 0 Å². The first kappa shape index (κ1) is 16.7. The number of nitrogens with zero attached hydrogens (tertiary/aromatic N) is 4. The molecule has 2 N–H and O–H groups in total. The monoisotopic (exact) mass is 382 g/mol. The molecule has 0 amide bonds. The first-order valence-electron chi connectivity index (χ1n) is 7.76. The number of rotatable bonds is 2. The maximum absolute atomic E-state index is 14.0. The molecular weight excluding hydrogens is 370 g/mol. The Bertz CT molecular complexity index is 1120. The first-order valence-corrected chi connectivity index (χ1v) is 8.13. The average molecular weight is 383 g/mol. The molecule has 0 radical (unpaired) electrons. The van der Waals surface area contributed by atoms with Crippen molar-refractivity contribution >= 4 is 22.9 Å². The van der Waals surface area contributed by atoms with Gasteiger partial charge in [-0.3, -0.25) is 9.78 Å². The zero-order valence-electron chi connectivity index (χ0n) is 13.5. The average Bonchev–Trinajstić information content (AvgIpc) is 3.07. The van der Waals surface area contributed by atoms with Crippen molar-refractivity contribution in [3.05, 3.63) is 44.5 Å². The molecule has 0 aliphatic carbocycles. The maximum atomic E-state index is 14.0. The standard InChI is InChI=1S/C15H13ClF2N6O2/c1-7-5-23(6-15(7,17)18)10-2-9(8-3-20-14(26)21-13(8)25)22-24-11(16)4-19-12(10)24/h2-4,7H,5-6H2,1H3,(H2,20,21,25,26). The number of anilines is 1. The molecule has 1 unspecified atom stereocenters. The Kier molecular flexibility index (Phi) is 3.62. The summed E-state index contributed by atoms with van der Waals surface area (Å²) in [7, 11) is 0. The molecule has 11 heteroatoms. The Balaban J connectivity index is 1.93. The van der Waals surface area contributed by atoms with Gasteiger partial charge in [0.2, 0.25) is 0 Å². The molecule has 0 spiro atoms. The second kappa shape index (κ2) is 5.63. The highest BCUT2D eigenvalue weighted by Gasteiger charge is 2.46. The van der Waals surface area contributed by atoms with Gasteiger partial charge in [-0.15, -0.1) is 0 Å². The molecule has 1 atom stereocenters. The highest BCUT2D eigenvalue weighted by atomic mass is 35.5. The summed E-state index contributed by atoms with van der Waals surface area (Å²) in [4.78, 5) is 33.4. The number of aromatic amines is 2. The molecule has 1 fully saturated rings. The molecule has 1 aliphatic heterocycles. The highest BCUT2D eigenvalue weighted by Crippen LogP contribution is 2.37. The molecule has 3 aromatic heterocycles. The lowest BCUT2D eigenvalue weighted by molar-refractivity contribution is -0.0137. The summed E-state index contributed by atoms with van der Waals surface area (Å²) in [6.07, 6.45) is 2.57. The summed E-state index contributed by atoms with van der Waals surface area (Å²) >= 11 is 6.09. The Morgan fingerprint density at radius 3 is 2.81 bits per heavy atom. The summed E-state index contributed by atoms with van der Waals surface area (Å²) in [6.45, 7) is 1.13. The summed E-state index contributed by atoms with van der Waals surface area (Å²) in [6, 6.07) is 1.50. The van der Waals surface area contributed by atoms with Gasteiger partial charge in [0.25, 0.3) is 11.5 Å². The lowest BCUT2D eigenvalue weighted by Crippen LogP contribution is -2.27. The third kappa shape index (κ3) is 2.57. The largest absolute Gasteiger partial charge is 0.362 e. The molecule has 1 aliphatic rings. The summed E-state index contributed by atoms with van der Waals surface area (Å²) in [5.41, 5.74) is -0.359. The van der Waals surface area contributed by atoms with E-state index >= 15 is 0 Å². The second-order valence-electron chi connectivity index (χ2n) is 6.26. The maximum Gasteiger partial charge on any atom is 0.325 e. The van der Waals surface area contributed by atoms with Crippen LogP contribution < -0.4 is 16.1 Å². The molecule has 4 heterocycles. The Hall–Kier alpha value is -2.75. The van der Waals surface area contributed by atoms with Crippen molar-refractivity contribution in [3.63, 3.8) is 0 Å². The van der Waals surface area contributed by atoms with Crippen LogP contribution in [0.4, 0.5) is 14.5 Å². The van der Waals surface area contributed by atoms with Gasteiger partial charge in [0, 0.05) is 18.7 Å². The SMILES string of the molecule is CC1CN(c2cc(-c3c[nH]c(=O)[nH]c3=O)nn3c(Cl)cnc23)CC1(F)F. The van der Waals surface area contributed by atoms with Gasteiger partial charge in [-0.25, -0.2) is 18.6 Å². The minimum atomic E-state index is -2.84. The van der Waals surface area contributed by atoms with Crippen LogP contribution >= 0.6 is 11.6 Å². The number of nitrogens with one attached hydrogen (secondary N) is 2. The van der Waals surface area contributed by atoms with Crippen molar-refractivity contribution in [2.45, 2.75) is 12.8 Å². The van der Waals surface area contributed by atoms with Crippen molar-refractivity contribution < 1.29 is 8.78 Å². The number of aromatic nitrogens is 5. The van der Waals surface area contributed by atoms with E-state index in [0.717, 1.165) is 0 Å². The van der Waals surface area contributed by atoms with E-state index in [1.165, 1.54) is 34.8 Å². The van der Waals surface area contributed by atoms with Gasteiger partial charge in [0.1, 0.15) is 5.69 Å². The van der Waals surface area contributed by atoms with Crippen molar-refractivity contribution in [1.82, 2.24) is 24.6 Å². The fraction of sp³-hybridized carbons (Fsp3) is 0.333. The fourth-order valence-electron chi connectivity index (χ4n) is 3.01. The van der Waals surface area contributed by atoms with Crippen LogP contribution in [-0.4, -0.2) is 43.6 Å². The first-order chi connectivity index (χ1) is 12.3. The molecule has 8 nitrogen and oxygen atoms in total. The number of H-pyrrole nitrogens is 2. The topological polar surface area (TPSA) is 99.2 Å². The molecular formula is C15H13ClF2N6O2. The number of fused-ring (bicyclic) bond motifs is 1. The van der Waals surface area contributed by atoms with Crippen molar-refractivity contribution in [2.75, 3.05) is 18.0 Å². The van der Waals surface area contributed by atoms with Crippen LogP contribution in [0.1, 0.15) is 6.92 Å². The zero-order valence-corrected chi connectivity index (χ0v) is 14.2. The Morgan fingerprint density at radius 1 is 1.38 bits per heavy atom.